The first-order valence-electron chi connectivity index (χ1n) is 15.3. The Balaban J connectivity index is 0.00000368. The Morgan fingerprint density at radius 1 is 0.565 bits per heavy atom. The van der Waals surface area contributed by atoms with Crippen molar-refractivity contribution in [1.29, 1.82) is 0 Å². The molecule has 0 saturated heterocycles. The number of hydrogen-bond donors (Lipinski definition) is 0. The minimum absolute atomic E-state index is 0. The Bertz CT molecular complexity index is 1340. The molecule has 14 heteroatoms. The molecular weight excluding hydrogens is 663 g/mol. The van der Waals surface area contributed by atoms with Crippen LogP contribution in [-0.4, -0.2) is 52.6 Å². The van der Waals surface area contributed by atoms with Crippen molar-refractivity contribution in [2.24, 2.45) is 20.5 Å². The Morgan fingerprint density at radius 3 is 1.30 bits per heavy atom. The second kappa shape index (κ2) is 21.7. The molecule has 10 nitrogen and oxygen atoms in total. The first-order chi connectivity index (χ1) is 21.6. The van der Waals surface area contributed by atoms with E-state index in [2.05, 4.69) is 91.4 Å². The average Bonchev–Trinajstić information content (AvgIpc) is 3.73. The Hall–Kier alpha value is -3.00. The van der Waals surface area contributed by atoms with Gasteiger partial charge in [0.25, 0.3) is 0 Å². The van der Waals surface area contributed by atoms with Gasteiger partial charge in [-0.2, -0.15) is 0 Å². The zero-order chi connectivity index (χ0) is 31.0. The van der Waals surface area contributed by atoms with Gasteiger partial charge >= 0.3 is 10.3 Å². The highest BCUT2D eigenvalue weighted by molar-refractivity contribution is 7.13. The zero-order valence-corrected chi connectivity index (χ0v) is 30.1. The number of rotatable bonds is 19. The molecule has 46 heavy (non-hydrogen) atoms. The standard InChI is InChI=1S/C32H44N8O2S2.2ClH/c1-5-37(29-13-9-27(10-14-29)33-35-31-39(7-3)19-25-43-31)17-21-41-23-24-42-22-18-38(6-2)30-15-11-28(12-16-30)34-36-32-40(8-4)20-26-44-32;;/h9-16,19-20,25-26H,5-8,17-18,21-24H2,1-4H3;2*1H/q+2;;/p-2. The minimum Gasteiger partial charge on any atom is -1.00 e. The lowest BCUT2D eigenvalue weighted by Crippen LogP contribution is -3.00. The fourth-order valence-corrected chi connectivity index (χ4v) is 5.99. The summed E-state index contributed by atoms with van der Waals surface area (Å²) in [7, 11) is 0. The molecule has 0 saturated carbocycles. The van der Waals surface area contributed by atoms with E-state index in [1.165, 1.54) is 0 Å². The topological polar surface area (TPSA) is 82.1 Å². The van der Waals surface area contributed by atoms with Crippen LogP contribution in [0.5, 0.6) is 0 Å². The summed E-state index contributed by atoms with van der Waals surface area (Å²) in [6, 6.07) is 16.4. The lowest BCUT2D eigenvalue weighted by molar-refractivity contribution is -0.677. The highest BCUT2D eigenvalue weighted by Gasteiger charge is 2.12. The maximum absolute atomic E-state index is 5.87. The number of anilines is 2. The molecular formula is C32H44Cl2N8O2S2. The van der Waals surface area contributed by atoms with Crippen LogP contribution in [0.15, 0.2) is 92.1 Å². The second-order valence-electron chi connectivity index (χ2n) is 9.76. The summed E-state index contributed by atoms with van der Waals surface area (Å²) in [5.41, 5.74) is 3.98. The molecule has 4 rings (SSSR count). The molecule has 250 valence electrons. The quantitative estimate of drug-likeness (QED) is 0.0844. The lowest BCUT2D eigenvalue weighted by atomic mass is 10.2. The van der Waals surface area contributed by atoms with Crippen molar-refractivity contribution in [3.63, 3.8) is 0 Å². The number of hydrogen-bond acceptors (Lipinski definition) is 10. The molecule has 0 aliphatic heterocycles. The van der Waals surface area contributed by atoms with Gasteiger partial charge in [-0.1, -0.05) is 0 Å². The zero-order valence-electron chi connectivity index (χ0n) is 27.0. The molecule has 0 N–H and O–H groups in total. The first-order valence-corrected chi connectivity index (χ1v) is 17.0. The van der Waals surface area contributed by atoms with Crippen molar-refractivity contribution < 1.29 is 43.4 Å². The van der Waals surface area contributed by atoms with Crippen molar-refractivity contribution in [3.8, 4) is 0 Å². The predicted molar refractivity (Wildman–Crippen MR) is 179 cm³/mol. The molecule has 0 fully saturated rings. The third kappa shape index (κ3) is 12.0. The molecule has 2 heterocycles. The van der Waals surface area contributed by atoms with Gasteiger partial charge in [-0.3, -0.25) is 0 Å². The van der Waals surface area contributed by atoms with E-state index in [4.69, 9.17) is 9.47 Å². The molecule has 2 aromatic heterocycles. The van der Waals surface area contributed by atoms with Gasteiger partial charge in [0, 0.05) is 48.3 Å². The number of nitrogens with zero attached hydrogens (tertiary/aromatic N) is 8. The Kier molecular flexibility index (Phi) is 18.5. The van der Waals surface area contributed by atoms with Crippen LogP contribution in [0.4, 0.5) is 33.0 Å². The average molecular weight is 708 g/mol. The number of benzene rings is 2. The third-order valence-electron chi connectivity index (χ3n) is 7.08. The van der Waals surface area contributed by atoms with Gasteiger partial charge in [0.2, 0.25) is 0 Å². The van der Waals surface area contributed by atoms with Crippen molar-refractivity contribution in [2.75, 3.05) is 62.4 Å². The van der Waals surface area contributed by atoms with Crippen LogP contribution in [-0.2, 0) is 22.6 Å². The largest absolute Gasteiger partial charge is 1.00 e. The second-order valence-corrected chi connectivity index (χ2v) is 11.5. The van der Waals surface area contributed by atoms with Gasteiger partial charge in [0.05, 0.1) is 49.7 Å². The fraction of sp³-hybridized carbons (Fsp3) is 0.438. The number of halogens is 2. The molecule has 2 aromatic carbocycles. The lowest BCUT2D eigenvalue weighted by Gasteiger charge is -2.23. The van der Waals surface area contributed by atoms with Gasteiger partial charge in [-0.05, 0) is 109 Å². The van der Waals surface area contributed by atoms with Crippen LogP contribution in [0.3, 0.4) is 0 Å². The number of aromatic nitrogens is 2. The smallest absolute Gasteiger partial charge is 0.408 e. The fourth-order valence-electron chi connectivity index (χ4n) is 4.51. The van der Waals surface area contributed by atoms with Crippen LogP contribution < -0.4 is 43.7 Å². The van der Waals surface area contributed by atoms with E-state index in [1.54, 1.807) is 22.7 Å². The maximum atomic E-state index is 5.87. The third-order valence-corrected chi connectivity index (χ3v) is 8.65. The number of aryl methyl sites for hydroxylation is 2. The summed E-state index contributed by atoms with van der Waals surface area (Å²) in [6.45, 7) is 16.1. The number of likely N-dealkylation sites (N-methyl/N-ethyl adjacent to an activating group) is 2. The van der Waals surface area contributed by atoms with Gasteiger partial charge < -0.3 is 44.1 Å². The van der Waals surface area contributed by atoms with Gasteiger partial charge in [-0.15, -0.1) is 0 Å². The van der Waals surface area contributed by atoms with Crippen LogP contribution in [0, 0.1) is 0 Å². The van der Waals surface area contributed by atoms with E-state index in [0.29, 0.717) is 26.4 Å². The van der Waals surface area contributed by atoms with Crippen molar-refractivity contribution in [1.82, 2.24) is 0 Å². The van der Waals surface area contributed by atoms with E-state index in [-0.39, 0.29) is 24.8 Å². The summed E-state index contributed by atoms with van der Waals surface area (Å²) < 4.78 is 15.9. The molecule has 0 bridgehead atoms. The summed E-state index contributed by atoms with van der Waals surface area (Å²) >= 11 is 3.18. The van der Waals surface area contributed by atoms with E-state index >= 15 is 0 Å². The van der Waals surface area contributed by atoms with Gasteiger partial charge in [0.1, 0.15) is 23.8 Å². The van der Waals surface area contributed by atoms with Crippen LogP contribution in [0.25, 0.3) is 0 Å². The minimum atomic E-state index is 0. The summed E-state index contributed by atoms with van der Waals surface area (Å²) in [6.07, 6.45) is 4.06. The monoisotopic (exact) mass is 706 g/mol. The summed E-state index contributed by atoms with van der Waals surface area (Å²) in [5.74, 6) is 0. The van der Waals surface area contributed by atoms with E-state index in [9.17, 15) is 0 Å². The SMILES string of the molecule is CCN(CCOCCOCCN(CC)c1ccc(N=Nc2scc[n+]2CC)cc1)c1ccc(N=Nc2scc[n+]2CC)cc1.[Cl-].[Cl-]. The first kappa shape index (κ1) is 39.2. The molecule has 0 unspecified atom stereocenters. The molecule has 0 spiro atoms. The maximum Gasteiger partial charge on any atom is 0.408 e. The summed E-state index contributed by atoms with van der Waals surface area (Å²) in [4.78, 5) is 4.59. The molecule has 0 radical (unpaired) electrons. The van der Waals surface area contributed by atoms with Crippen molar-refractivity contribution >= 4 is 55.7 Å². The van der Waals surface area contributed by atoms with Crippen LogP contribution in [0.1, 0.15) is 27.7 Å². The molecule has 0 atom stereocenters. The molecule has 4 aromatic rings. The number of thiazole rings is 2. The van der Waals surface area contributed by atoms with E-state index in [1.807, 2.05) is 47.4 Å². The van der Waals surface area contributed by atoms with Gasteiger partial charge in [0.15, 0.2) is 0 Å². The van der Waals surface area contributed by atoms with Crippen molar-refractivity contribution in [3.05, 3.63) is 71.7 Å². The van der Waals surface area contributed by atoms with Crippen molar-refractivity contribution in [2.45, 2.75) is 40.8 Å². The number of ether oxygens (including phenoxy) is 2. The Labute approximate surface area is 293 Å². The molecule has 0 amide bonds. The van der Waals surface area contributed by atoms with Crippen LogP contribution >= 0.6 is 22.7 Å². The highest BCUT2D eigenvalue weighted by atomic mass is 35.5. The van der Waals surface area contributed by atoms with Gasteiger partial charge in [-0.25, -0.2) is 9.13 Å². The Morgan fingerprint density at radius 2 is 0.957 bits per heavy atom. The van der Waals surface area contributed by atoms with E-state index < -0.39 is 0 Å². The predicted octanol–water partition coefficient (Wildman–Crippen LogP) is 1.65. The number of azo groups is 2. The molecule has 0 aliphatic carbocycles. The van der Waals surface area contributed by atoms with E-state index in [0.717, 1.165) is 72.3 Å². The normalized spacial score (nSPS) is 11.1. The van der Waals surface area contributed by atoms with Crippen LogP contribution in [0.2, 0.25) is 0 Å². The highest BCUT2D eigenvalue weighted by Crippen LogP contribution is 2.24. The molecule has 0 aliphatic rings. The summed E-state index contributed by atoms with van der Waals surface area (Å²) in [5, 5.41) is 23.4.